The highest BCUT2D eigenvalue weighted by Gasteiger charge is 2.62. The van der Waals surface area contributed by atoms with Gasteiger partial charge in [-0.2, -0.15) is 5.10 Å². The summed E-state index contributed by atoms with van der Waals surface area (Å²) in [6.45, 7) is 2.18. The molecule has 15 heteroatoms. The van der Waals surface area contributed by atoms with Crippen molar-refractivity contribution in [2.45, 2.75) is 74.8 Å². The topological polar surface area (TPSA) is 171 Å². The normalized spacial score (nSPS) is 26.9. The van der Waals surface area contributed by atoms with E-state index in [0.717, 1.165) is 30.2 Å². The van der Waals surface area contributed by atoms with Crippen molar-refractivity contribution in [3.8, 4) is 17.3 Å². The number of aromatic nitrogens is 3. The number of nitrogens with zero attached hydrogens (tertiary/aromatic N) is 4. The number of hydrogen-bond donors (Lipinski definition) is 2. The third-order valence-electron chi connectivity index (χ3n) is 9.74. The molecule has 0 bridgehead atoms. The van der Waals surface area contributed by atoms with Crippen LogP contribution in [0.3, 0.4) is 0 Å². The van der Waals surface area contributed by atoms with E-state index in [2.05, 4.69) is 15.1 Å². The van der Waals surface area contributed by atoms with Gasteiger partial charge in [0, 0.05) is 48.4 Å². The first kappa shape index (κ1) is 33.0. The van der Waals surface area contributed by atoms with Crippen molar-refractivity contribution in [2.75, 3.05) is 26.9 Å². The predicted molar refractivity (Wildman–Crippen MR) is 178 cm³/mol. The standard InChI is InChI=1S/C34H40N6O8S/c1-21-27(46-2)12-11-25-28(17-29(36-31(21)25)40-14-7-13-35-40)48-23-16-26-32(42)37-34(33(43)38-49(44,45)24-9-10-24)18-22(34)8-5-3-4-6-15-47-20-30(41)39(26)19-23/h5,7-8,11-14,17,22-24,26H,3-4,6,9-10,15-16,18-20H2,1-2H3,(H,37,42)(H,38,43)/b8-5-/t22-,23-,26+,34-/m1/s1. The van der Waals surface area contributed by atoms with Crippen LogP contribution in [0.1, 0.15) is 50.5 Å². The fourth-order valence-corrected chi connectivity index (χ4v) is 8.09. The van der Waals surface area contributed by atoms with E-state index in [4.69, 9.17) is 19.2 Å². The molecule has 2 aliphatic carbocycles. The van der Waals surface area contributed by atoms with Crippen LogP contribution in [-0.2, 0) is 29.1 Å². The van der Waals surface area contributed by atoms with Crippen LogP contribution in [0.5, 0.6) is 11.5 Å². The lowest BCUT2D eigenvalue weighted by Gasteiger charge is -2.26. The Hall–Kier alpha value is -4.50. The van der Waals surface area contributed by atoms with Crippen LogP contribution < -0.4 is 19.5 Å². The molecule has 1 saturated heterocycles. The van der Waals surface area contributed by atoms with Gasteiger partial charge in [0.25, 0.3) is 5.91 Å². The Labute approximate surface area is 284 Å². The van der Waals surface area contributed by atoms with Crippen molar-refractivity contribution in [1.29, 1.82) is 0 Å². The molecule has 0 unspecified atom stereocenters. The predicted octanol–water partition coefficient (Wildman–Crippen LogP) is 2.33. The van der Waals surface area contributed by atoms with Gasteiger partial charge in [-0.3, -0.25) is 19.1 Å². The minimum atomic E-state index is -3.84. The smallest absolute Gasteiger partial charge is 0.259 e. The van der Waals surface area contributed by atoms with Gasteiger partial charge >= 0.3 is 0 Å². The Bertz CT molecular complexity index is 1910. The van der Waals surface area contributed by atoms with E-state index >= 15 is 0 Å². The molecule has 260 valence electrons. The van der Waals surface area contributed by atoms with E-state index in [-0.39, 0.29) is 37.8 Å². The van der Waals surface area contributed by atoms with Crippen molar-refractivity contribution in [3.63, 3.8) is 0 Å². The molecule has 2 saturated carbocycles. The molecular weight excluding hydrogens is 652 g/mol. The Morgan fingerprint density at radius 2 is 2.02 bits per heavy atom. The van der Waals surface area contributed by atoms with Crippen LogP contribution in [0.2, 0.25) is 0 Å². The molecule has 1 aromatic carbocycles. The molecule has 4 atom stereocenters. The summed E-state index contributed by atoms with van der Waals surface area (Å²) in [5, 5.41) is 7.34. The summed E-state index contributed by atoms with van der Waals surface area (Å²) in [5.74, 6) is -0.394. The molecule has 0 radical (unpaired) electrons. The molecule has 2 aliphatic heterocycles. The highest BCUT2D eigenvalue weighted by molar-refractivity contribution is 7.91. The van der Waals surface area contributed by atoms with Crippen molar-refractivity contribution in [2.24, 2.45) is 5.92 Å². The zero-order chi connectivity index (χ0) is 34.3. The van der Waals surface area contributed by atoms with Gasteiger partial charge in [-0.15, -0.1) is 0 Å². The van der Waals surface area contributed by atoms with Gasteiger partial charge in [-0.25, -0.2) is 18.1 Å². The summed E-state index contributed by atoms with van der Waals surface area (Å²) in [4.78, 5) is 47.4. The number of rotatable bonds is 7. The van der Waals surface area contributed by atoms with E-state index in [9.17, 15) is 22.8 Å². The Morgan fingerprint density at radius 3 is 2.78 bits per heavy atom. The van der Waals surface area contributed by atoms with E-state index in [1.54, 1.807) is 36.3 Å². The number of hydrogen-bond acceptors (Lipinski definition) is 10. The zero-order valence-corrected chi connectivity index (χ0v) is 28.3. The van der Waals surface area contributed by atoms with Gasteiger partial charge in [0.05, 0.1) is 24.4 Å². The Balaban J connectivity index is 1.19. The number of amides is 3. The molecule has 49 heavy (non-hydrogen) atoms. The number of allylic oxidation sites excluding steroid dienone is 1. The second kappa shape index (κ2) is 13.1. The summed E-state index contributed by atoms with van der Waals surface area (Å²) >= 11 is 0. The van der Waals surface area contributed by atoms with Gasteiger partial charge < -0.3 is 24.4 Å². The summed E-state index contributed by atoms with van der Waals surface area (Å²) in [7, 11) is -2.25. The number of aryl methyl sites for hydroxylation is 1. The lowest BCUT2D eigenvalue weighted by molar-refractivity contribution is -0.143. The summed E-state index contributed by atoms with van der Waals surface area (Å²) < 4.78 is 47.1. The quantitative estimate of drug-likeness (QED) is 0.350. The summed E-state index contributed by atoms with van der Waals surface area (Å²) in [6.07, 6.45) is 10.3. The fraction of sp³-hybridized carbons (Fsp3) is 0.500. The Kier molecular flexibility index (Phi) is 8.82. The average molecular weight is 693 g/mol. The average Bonchev–Trinajstić information content (AvgIpc) is 3.94. The van der Waals surface area contributed by atoms with Crippen molar-refractivity contribution >= 4 is 38.6 Å². The monoisotopic (exact) mass is 692 g/mol. The third kappa shape index (κ3) is 6.61. The number of ether oxygens (including phenoxy) is 3. The van der Waals surface area contributed by atoms with Gasteiger partial charge in [0.1, 0.15) is 35.8 Å². The number of carbonyl (C=O) groups is 3. The minimum Gasteiger partial charge on any atom is -0.496 e. The Morgan fingerprint density at radius 1 is 1.18 bits per heavy atom. The molecule has 0 spiro atoms. The molecular formula is C34H40N6O8S. The first-order valence-electron chi connectivity index (χ1n) is 16.7. The van der Waals surface area contributed by atoms with Gasteiger partial charge in [-0.1, -0.05) is 12.2 Å². The number of nitrogens with one attached hydrogen (secondary N) is 2. The van der Waals surface area contributed by atoms with Gasteiger partial charge in [0.2, 0.25) is 21.8 Å². The second-order valence-electron chi connectivity index (χ2n) is 13.2. The molecule has 4 heterocycles. The van der Waals surface area contributed by atoms with Crippen LogP contribution in [-0.4, -0.2) is 95.6 Å². The molecule has 3 fully saturated rings. The molecule has 3 aromatic rings. The zero-order valence-electron chi connectivity index (χ0n) is 27.5. The van der Waals surface area contributed by atoms with E-state index in [0.29, 0.717) is 42.3 Å². The largest absolute Gasteiger partial charge is 0.496 e. The first-order valence-corrected chi connectivity index (χ1v) is 18.2. The molecule has 3 amide bonds. The van der Waals surface area contributed by atoms with Crippen molar-refractivity contribution < 1.29 is 37.0 Å². The van der Waals surface area contributed by atoms with Crippen LogP contribution in [0, 0.1) is 12.8 Å². The molecule has 2 aromatic heterocycles. The molecule has 4 aliphatic rings. The minimum absolute atomic E-state index is 0.0922. The number of fused-ring (bicyclic) bond motifs is 3. The maximum Gasteiger partial charge on any atom is 0.259 e. The number of sulfonamides is 1. The maximum atomic E-state index is 14.1. The first-order chi connectivity index (χ1) is 23.6. The van der Waals surface area contributed by atoms with E-state index in [1.807, 2.05) is 31.2 Å². The van der Waals surface area contributed by atoms with Gasteiger partial charge in [-0.05, 0) is 63.6 Å². The summed E-state index contributed by atoms with van der Waals surface area (Å²) in [5.41, 5.74) is 0.0282. The number of pyridine rings is 1. The third-order valence-corrected chi connectivity index (χ3v) is 11.6. The SMILES string of the molecule is COc1ccc2c(O[C@@H]3C[C@H]4C(=O)N[C@]5(C(=O)NS(=O)(=O)C6CC6)C[C@H]5/C=C\CCCCOCC(=O)N4C3)cc(-n3cccn3)nc2c1C. The van der Waals surface area contributed by atoms with Crippen LogP contribution in [0.15, 0.2) is 48.8 Å². The van der Waals surface area contributed by atoms with E-state index < -0.39 is 44.8 Å². The summed E-state index contributed by atoms with van der Waals surface area (Å²) in [6, 6.07) is 6.26. The molecule has 14 nitrogen and oxygen atoms in total. The fourth-order valence-electron chi connectivity index (χ4n) is 6.73. The lowest BCUT2D eigenvalue weighted by atomic mass is 10.1. The molecule has 7 rings (SSSR count). The number of carbonyl (C=O) groups excluding carboxylic acids is 3. The van der Waals surface area contributed by atoms with Crippen molar-refractivity contribution in [3.05, 3.63) is 54.4 Å². The van der Waals surface area contributed by atoms with E-state index in [1.165, 1.54) is 4.90 Å². The lowest BCUT2D eigenvalue weighted by Crippen LogP contribution is -2.56. The van der Waals surface area contributed by atoms with Gasteiger partial charge in [0.15, 0.2) is 5.82 Å². The van der Waals surface area contributed by atoms with Crippen LogP contribution >= 0.6 is 0 Å². The van der Waals surface area contributed by atoms with Crippen LogP contribution in [0.25, 0.3) is 16.7 Å². The van der Waals surface area contributed by atoms with Crippen LogP contribution in [0.4, 0.5) is 0 Å². The second-order valence-corrected chi connectivity index (χ2v) is 15.1. The highest BCUT2D eigenvalue weighted by atomic mass is 32.2. The molecule has 2 N–H and O–H groups in total. The maximum absolute atomic E-state index is 14.1. The number of methoxy groups -OCH3 is 1. The highest BCUT2D eigenvalue weighted by Crippen LogP contribution is 2.46. The van der Waals surface area contributed by atoms with Crippen molar-refractivity contribution in [1.82, 2.24) is 29.7 Å². The number of benzene rings is 1.